The molecular formula is C37H43Cl2NO7. The van der Waals surface area contributed by atoms with Crippen LogP contribution in [-0.4, -0.2) is 38.2 Å². The van der Waals surface area contributed by atoms with Crippen LogP contribution < -0.4 is 10.1 Å². The zero-order valence-corrected chi connectivity index (χ0v) is 29.7. The molecule has 47 heavy (non-hydrogen) atoms. The largest absolute Gasteiger partial charge is 0.496 e. The van der Waals surface area contributed by atoms with Crippen molar-refractivity contribution in [2.45, 2.75) is 60.6 Å². The van der Waals surface area contributed by atoms with E-state index in [1.165, 1.54) is 6.92 Å². The average Bonchev–Trinajstić information content (AvgIpc) is 3.02. The number of carbonyl (C=O) groups excluding carboxylic acids is 3. The molecule has 8 nitrogen and oxygen atoms in total. The van der Waals surface area contributed by atoms with Gasteiger partial charge < -0.3 is 24.3 Å². The normalized spacial score (nSPS) is 11.6. The molecular weight excluding hydrogens is 641 g/mol. The van der Waals surface area contributed by atoms with Gasteiger partial charge >= 0.3 is 17.9 Å². The maximum absolute atomic E-state index is 12.3. The van der Waals surface area contributed by atoms with Crippen molar-refractivity contribution in [3.05, 3.63) is 116 Å². The fourth-order valence-electron chi connectivity index (χ4n) is 4.40. The number of ether oxygens (including phenoxy) is 4. The highest BCUT2D eigenvalue weighted by molar-refractivity contribution is 6.31. The maximum Gasteiger partial charge on any atom is 0.337 e. The van der Waals surface area contributed by atoms with Gasteiger partial charge in [-0.15, -0.1) is 0 Å². The van der Waals surface area contributed by atoms with Crippen LogP contribution in [0, 0.1) is 27.7 Å². The lowest BCUT2D eigenvalue weighted by molar-refractivity contribution is -0.148. The number of benzene rings is 3. The van der Waals surface area contributed by atoms with Crippen molar-refractivity contribution in [1.29, 1.82) is 0 Å². The number of methoxy groups -OCH3 is 1. The third kappa shape index (κ3) is 10.9. The molecule has 0 aromatic heterocycles. The Morgan fingerprint density at radius 2 is 1.28 bits per heavy atom. The second-order valence-corrected chi connectivity index (χ2v) is 11.5. The number of hydrogen-bond acceptors (Lipinski definition) is 8. The number of aryl methyl sites for hydroxylation is 3. The fourth-order valence-corrected chi connectivity index (χ4v) is 4.78. The van der Waals surface area contributed by atoms with Crippen LogP contribution in [0.5, 0.6) is 5.75 Å². The van der Waals surface area contributed by atoms with Crippen LogP contribution in [-0.2, 0) is 28.6 Å². The first kappa shape index (κ1) is 38.9. The van der Waals surface area contributed by atoms with Crippen molar-refractivity contribution in [3.63, 3.8) is 0 Å². The van der Waals surface area contributed by atoms with E-state index in [0.717, 1.165) is 39.3 Å². The van der Waals surface area contributed by atoms with Gasteiger partial charge in [-0.1, -0.05) is 60.6 Å². The van der Waals surface area contributed by atoms with Crippen molar-refractivity contribution in [2.24, 2.45) is 0 Å². The summed E-state index contributed by atoms with van der Waals surface area (Å²) >= 11 is 12.4. The van der Waals surface area contributed by atoms with Gasteiger partial charge in [0.15, 0.2) is 6.10 Å². The van der Waals surface area contributed by atoms with Crippen molar-refractivity contribution in [1.82, 2.24) is 0 Å². The minimum Gasteiger partial charge on any atom is -0.496 e. The van der Waals surface area contributed by atoms with Gasteiger partial charge in [0.1, 0.15) is 5.75 Å². The van der Waals surface area contributed by atoms with Crippen LogP contribution in [0.4, 0.5) is 5.69 Å². The summed E-state index contributed by atoms with van der Waals surface area (Å²) in [6.45, 7) is 20.7. The Hall–Kier alpha value is -4.27. The van der Waals surface area contributed by atoms with E-state index in [2.05, 4.69) is 18.5 Å². The van der Waals surface area contributed by atoms with Gasteiger partial charge in [0.25, 0.3) is 0 Å². The highest BCUT2D eigenvalue weighted by atomic mass is 35.5. The molecule has 1 N–H and O–H groups in total. The second kappa shape index (κ2) is 18.2. The van der Waals surface area contributed by atoms with E-state index in [1.807, 2.05) is 58.0 Å². The van der Waals surface area contributed by atoms with Crippen molar-refractivity contribution in [2.75, 3.05) is 25.6 Å². The molecule has 3 rings (SSSR count). The molecule has 10 heteroatoms. The van der Waals surface area contributed by atoms with Crippen molar-refractivity contribution >= 4 is 46.8 Å². The third-order valence-corrected chi connectivity index (χ3v) is 8.02. The molecule has 0 heterocycles. The van der Waals surface area contributed by atoms with E-state index in [9.17, 15) is 14.4 Å². The molecule has 0 amide bonds. The Kier molecular flexibility index (Phi) is 15.0. The molecule has 0 aliphatic carbocycles. The number of carbonyl (C=O) groups is 3. The Bertz CT molecular complexity index is 1630. The lowest BCUT2D eigenvalue weighted by atomic mass is 9.97. The van der Waals surface area contributed by atoms with Crippen LogP contribution in [0.1, 0.15) is 66.3 Å². The molecule has 0 radical (unpaired) electrons. The predicted molar refractivity (Wildman–Crippen MR) is 187 cm³/mol. The Balaban J connectivity index is 0.000000343. The summed E-state index contributed by atoms with van der Waals surface area (Å²) in [5.41, 5.74) is 6.61. The van der Waals surface area contributed by atoms with Gasteiger partial charge in [-0.2, -0.15) is 0 Å². The van der Waals surface area contributed by atoms with E-state index >= 15 is 0 Å². The Labute approximate surface area is 287 Å². The minimum atomic E-state index is -0.898. The summed E-state index contributed by atoms with van der Waals surface area (Å²) in [7, 11) is 1.64. The van der Waals surface area contributed by atoms with Crippen molar-refractivity contribution in [3.8, 4) is 5.75 Å². The third-order valence-electron chi connectivity index (χ3n) is 7.20. The second-order valence-electron chi connectivity index (χ2n) is 10.7. The van der Waals surface area contributed by atoms with E-state index in [-0.39, 0.29) is 18.8 Å². The molecule has 3 aromatic carbocycles. The Morgan fingerprint density at radius 3 is 1.77 bits per heavy atom. The SMILES string of the molecule is C=C(C(=O)OCC)C(OC(C)=O)c1ccc(C)c(Cl)c1.C=C(C(=O)OCC)[C@@H](Nc1cc(C)c(C)c(OC)c1)c1ccc(C)c(Cl)c1. The van der Waals surface area contributed by atoms with Crippen molar-refractivity contribution < 1.29 is 33.3 Å². The molecule has 0 bridgehead atoms. The summed E-state index contributed by atoms with van der Waals surface area (Å²) in [5, 5.41) is 4.54. The number of nitrogens with one attached hydrogen (secondary N) is 1. The van der Waals surface area contributed by atoms with E-state index in [1.54, 1.807) is 39.2 Å². The molecule has 3 aromatic rings. The molecule has 1 unspecified atom stereocenters. The molecule has 0 fully saturated rings. The summed E-state index contributed by atoms with van der Waals surface area (Å²) in [5.74, 6) is -0.782. The zero-order valence-electron chi connectivity index (χ0n) is 28.2. The lowest BCUT2D eigenvalue weighted by Gasteiger charge is -2.23. The first-order valence-electron chi connectivity index (χ1n) is 15.0. The van der Waals surface area contributed by atoms with Crippen LogP contribution in [0.15, 0.2) is 72.8 Å². The Morgan fingerprint density at radius 1 is 0.766 bits per heavy atom. The molecule has 0 saturated carbocycles. The minimum absolute atomic E-state index is 0.0574. The summed E-state index contributed by atoms with van der Waals surface area (Å²) in [6.07, 6.45) is -0.898. The fraction of sp³-hybridized carbons (Fsp3) is 0.324. The van der Waals surface area contributed by atoms with Crippen LogP contribution >= 0.6 is 23.2 Å². The molecule has 0 aliphatic heterocycles. The van der Waals surface area contributed by atoms with E-state index < -0.39 is 30.1 Å². The van der Waals surface area contributed by atoms with Gasteiger partial charge in [0.2, 0.25) is 0 Å². The van der Waals surface area contributed by atoms with Gasteiger partial charge in [0.05, 0.1) is 37.5 Å². The quantitative estimate of drug-likeness (QED) is 0.115. The molecule has 252 valence electrons. The number of esters is 3. The van der Waals surface area contributed by atoms with Crippen LogP contribution in [0.2, 0.25) is 10.0 Å². The van der Waals surface area contributed by atoms with Crippen LogP contribution in [0.3, 0.4) is 0 Å². The molecule has 0 aliphatic rings. The number of hydrogen-bond donors (Lipinski definition) is 1. The predicted octanol–water partition coefficient (Wildman–Crippen LogP) is 8.92. The number of rotatable bonds is 12. The monoisotopic (exact) mass is 683 g/mol. The highest BCUT2D eigenvalue weighted by Crippen LogP contribution is 2.33. The standard InChI is InChI=1S/C22H26ClNO3.C15H17ClO4/c1-7-27-22(25)16(5)21(17-9-8-13(2)19(23)11-17)24-18-10-14(3)15(4)20(12-18)26-6;1-5-19-15(18)10(3)14(20-11(4)17)12-7-6-9(2)13(16)8-12/h8-12,21,24H,5,7H2,1-4,6H3;6-8,14H,3,5H2,1-2,4H3/t21-;/m1./s1. The maximum atomic E-state index is 12.3. The topological polar surface area (TPSA) is 100 Å². The number of halogens is 2. The lowest BCUT2D eigenvalue weighted by Crippen LogP contribution is -2.20. The van der Waals surface area contributed by atoms with Gasteiger partial charge in [-0.25, -0.2) is 9.59 Å². The molecule has 0 saturated heterocycles. The zero-order chi connectivity index (χ0) is 35.4. The highest BCUT2D eigenvalue weighted by Gasteiger charge is 2.26. The van der Waals surface area contributed by atoms with Crippen LogP contribution in [0.25, 0.3) is 0 Å². The summed E-state index contributed by atoms with van der Waals surface area (Å²) in [4.78, 5) is 35.3. The smallest absolute Gasteiger partial charge is 0.337 e. The first-order valence-corrected chi connectivity index (χ1v) is 15.7. The molecule has 2 atom stereocenters. The number of anilines is 1. The van der Waals surface area contributed by atoms with Gasteiger partial charge in [-0.3, -0.25) is 4.79 Å². The average molecular weight is 685 g/mol. The van der Waals surface area contributed by atoms with Gasteiger partial charge in [0, 0.05) is 28.7 Å². The molecule has 0 spiro atoms. The summed E-state index contributed by atoms with van der Waals surface area (Å²) < 4.78 is 20.7. The van der Waals surface area contributed by atoms with E-state index in [4.69, 9.17) is 42.1 Å². The van der Waals surface area contributed by atoms with Gasteiger partial charge in [-0.05, 0) is 93.1 Å². The van der Waals surface area contributed by atoms with E-state index in [0.29, 0.717) is 21.2 Å². The first-order chi connectivity index (χ1) is 22.1. The summed E-state index contributed by atoms with van der Waals surface area (Å²) in [6, 6.07) is 14.3.